The molecule has 0 spiro atoms. The van der Waals surface area contributed by atoms with E-state index in [0.717, 1.165) is 10.6 Å². The summed E-state index contributed by atoms with van der Waals surface area (Å²) in [6, 6.07) is 9.58. The number of carbonyl (C=O) groups excluding carboxylic acids is 1. The molecular formula is C17H17NO2S. The van der Waals surface area contributed by atoms with E-state index in [9.17, 15) is 4.79 Å². The summed E-state index contributed by atoms with van der Waals surface area (Å²) in [4.78, 5) is 12.9. The lowest BCUT2D eigenvalue weighted by Crippen LogP contribution is -2.10. The van der Waals surface area contributed by atoms with Crippen LogP contribution in [-0.4, -0.2) is 17.6 Å². The van der Waals surface area contributed by atoms with Crippen molar-refractivity contribution in [2.24, 2.45) is 0 Å². The van der Waals surface area contributed by atoms with Gasteiger partial charge < -0.3 is 10.4 Å². The molecule has 1 heterocycles. The Morgan fingerprint density at radius 3 is 2.67 bits per heavy atom. The zero-order valence-electron chi connectivity index (χ0n) is 12.0. The first-order chi connectivity index (χ1) is 10.1. The Labute approximate surface area is 128 Å². The van der Waals surface area contributed by atoms with Crippen LogP contribution < -0.4 is 5.32 Å². The van der Waals surface area contributed by atoms with Crippen LogP contribution in [0.4, 0.5) is 5.69 Å². The molecule has 2 aromatic rings. The SMILES string of the molecule is CC(C)c1ccc(NC(=O)c2csc(C#CCO)c2)cc1. The lowest BCUT2D eigenvalue weighted by atomic mass is 10.0. The molecule has 4 heteroatoms. The number of aliphatic hydroxyl groups is 1. The highest BCUT2D eigenvalue weighted by molar-refractivity contribution is 7.10. The van der Waals surface area contributed by atoms with E-state index in [1.54, 1.807) is 11.4 Å². The van der Waals surface area contributed by atoms with E-state index in [1.807, 2.05) is 24.3 Å². The van der Waals surface area contributed by atoms with E-state index >= 15 is 0 Å². The van der Waals surface area contributed by atoms with Gasteiger partial charge in [0.1, 0.15) is 6.61 Å². The molecule has 21 heavy (non-hydrogen) atoms. The molecule has 0 aliphatic rings. The van der Waals surface area contributed by atoms with Crippen LogP contribution in [0.3, 0.4) is 0 Å². The van der Waals surface area contributed by atoms with Crippen LogP contribution >= 0.6 is 11.3 Å². The molecule has 1 amide bonds. The minimum Gasteiger partial charge on any atom is -0.384 e. The standard InChI is InChI=1S/C17H17NO2S/c1-12(2)13-5-7-15(8-6-13)18-17(20)14-10-16(21-11-14)4-3-9-19/h5-8,10-12,19H,9H2,1-2H3,(H,18,20). The number of amides is 1. The maximum Gasteiger partial charge on any atom is 0.256 e. The molecule has 1 aromatic heterocycles. The molecule has 2 rings (SSSR count). The molecular weight excluding hydrogens is 282 g/mol. The van der Waals surface area contributed by atoms with E-state index in [1.165, 1.54) is 16.9 Å². The number of nitrogens with one attached hydrogen (secondary N) is 1. The van der Waals surface area contributed by atoms with Gasteiger partial charge in [0.15, 0.2) is 0 Å². The van der Waals surface area contributed by atoms with E-state index in [0.29, 0.717) is 11.5 Å². The molecule has 0 saturated heterocycles. The van der Waals surface area contributed by atoms with Gasteiger partial charge in [-0.25, -0.2) is 0 Å². The van der Waals surface area contributed by atoms with Crippen LogP contribution in [-0.2, 0) is 0 Å². The maximum atomic E-state index is 12.1. The average molecular weight is 299 g/mol. The summed E-state index contributed by atoms with van der Waals surface area (Å²) in [7, 11) is 0. The minimum absolute atomic E-state index is 0.152. The summed E-state index contributed by atoms with van der Waals surface area (Å²) in [5.41, 5.74) is 2.60. The molecule has 0 saturated carbocycles. The van der Waals surface area contributed by atoms with Crippen molar-refractivity contribution in [2.45, 2.75) is 19.8 Å². The van der Waals surface area contributed by atoms with E-state index < -0.39 is 0 Å². The fourth-order valence-corrected chi connectivity index (χ4v) is 2.56. The highest BCUT2D eigenvalue weighted by Crippen LogP contribution is 2.19. The van der Waals surface area contributed by atoms with Crippen molar-refractivity contribution in [2.75, 3.05) is 11.9 Å². The third kappa shape index (κ3) is 4.19. The van der Waals surface area contributed by atoms with Crippen LogP contribution in [0.15, 0.2) is 35.7 Å². The zero-order valence-corrected chi connectivity index (χ0v) is 12.8. The van der Waals surface area contributed by atoms with Crippen molar-refractivity contribution < 1.29 is 9.90 Å². The normalized spacial score (nSPS) is 10.1. The number of anilines is 1. The predicted octanol–water partition coefficient (Wildman–Crippen LogP) is 3.47. The van der Waals surface area contributed by atoms with Gasteiger partial charge in [-0.2, -0.15) is 0 Å². The topological polar surface area (TPSA) is 49.3 Å². The van der Waals surface area contributed by atoms with E-state index in [2.05, 4.69) is 31.0 Å². The first kappa shape index (κ1) is 15.3. The molecule has 0 aliphatic carbocycles. The Balaban J connectivity index is 2.05. The average Bonchev–Trinajstić information content (AvgIpc) is 2.94. The zero-order chi connectivity index (χ0) is 15.2. The molecule has 108 valence electrons. The summed E-state index contributed by atoms with van der Waals surface area (Å²) >= 11 is 1.39. The van der Waals surface area contributed by atoms with Crippen LogP contribution in [0.1, 0.15) is 40.6 Å². The van der Waals surface area contributed by atoms with Crippen LogP contribution in [0.5, 0.6) is 0 Å². The summed E-state index contributed by atoms with van der Waals surface area (Å²) < 4.78 is 0. The molecule has 0 atom stereocenters. The highest BCUT2D eigenvalue weighted by Gasteiger charge is 2.08. The van der Waals surface area contributed by atoms with Crippen molar-refractivity contribution in [1.29, 1.82) is 0 Å². The van der Waals surface area contributed by atoms with Gasteiger partial charge in [0.25, 0.3) is 5.91 Å². The number of aliphatic hydroxyl groups excluding tert-OH is 1. The van der Waals surface area contributed by atoms with Crippen molar-refractivity contribution in [3.05, 3.63) is 51.7 Å². The molecule has 2 N–H and O–H groups in total. The first-order valence-electron chi connectivity index (χ1n) is 6.69. The highest BCUT2D eigenvalue weighted by atomic mass is 32.1. The van der Waals surface area contributed by atoms with E-state index in [-0.39, 0.29) is 12.5 Å². The quantitative estimate of drug-likeness (QED) is 0.853. The van der Waals surface area contributed by atoms with Crippen molar-refractivity contribution >= 4 is 22.9 Å². The monoisotopic (exact) mass is 299 g/mol. The second-order valence-corrected chi connectivity index (χ2v) is 5.80. The van der Waals surface area contributed by atoms with Crippen molar-refractivity contribution in [1.82, 2.24) is 0 Å². The van der Waals surface area contributed by atoms with Crippen molar-refractivity contribution in [3.8, 4) is 11.8 Å². The minimum atomic E-state index is -0.179. The summed E-state index contributed by atoms with van der Waals surface area (Å²) in [6.07, 6.45) is 0. The van der Waals surface area contributed by atoms with Gasteiger partial charge in [0, 0.05) is 11.1 Å². The molecule has 0 bridgehead atoms. The van der Waals surface area contributed by atoms with Gasteiger partial charge in [-0.3, -0.25) is 4.79 Å². The van der Waals surface area contributed by atoms with Crippen LogP contribution in [0.25, 0.3) is 0 Å². The second-order valence-electron chi connectivity index (χ2n) is 4.89. The Morgan fingerprint density at radius 1 is 1.33 bits per heavy atom. The molecule has 0 unspecified atom stereocenters. The third-order valence-corrected chi connectivity index (χ3v) is 3.83. The lowest BCUT2D eigenvalue weighted by Gasteiger charge is -2.07. The van der Waals surface area contributed by atoms with Gasteiger partial charge in [-0.15, -0.1) is 11.3 Å². The Kier molecular flexibility index (Phi) is 5.15. The molecule has 1 aromatic carbocycles. The summed E-state index contributed by atoms with van der Waals surface area (Å²) in [5, 5.41) is 13.3. The van der Waals surface area contributed by atoms with Crippen LogP contribution in [0, 0.1) is 11.8 Å². The van der Waals surface area contributed by atoms with Gasteiger partial charge in [-0.05, 0) is 29.7 Å². The second kappa shape index (κ2) is 7.07. The number of carbonyl (C=O) groups is 1. The summed E-state index contributed by atoms with van der Waals surface area (Å²) in [5.74, 6) is 5.68. The molecule has 0 fully saturated rings. The smallest absolute Gasteiger partial charge is 0.256 e. The van der Waals surface area contributed by atoms with Gasteiger partial charge in [0.2, 0.25) is 0 Å². The number of thiophene rings is 1. The summed E-state index contributed by atoms with van der Waals surface area (Å²) in [6.45, 7) is 4.09. The number of hydrogen-bond acceptors (Lipinski definition) is 3. The number of benzene rings is 1. The molecule has 3 nitrogen and oxygen atoms in total. The number of hydrogen-bond donors (Lipinski definition) is 2. The number of rotatable bonds is 3. The Hall–Kier alpha value is -2.09. The predicted molar refractivity (Wildman–Crippen MR) is 86.8 cm³/mol. The van der Waals surface area contributed by atoms with Crippen molar-refractivity contribution in [3.63, 3.8) is 0 Å². The Bertz CT molecular complexity index is 675. The maximum absolute atomic E-state index is 12.1. The van der Waals surface area contributed by atoms with Gasteiger partial charge in [0.05, 0.1) is 10.4 Å². The fraction of sp³-hybridized carbons (Fsp3) is 0.235. The Morgan fingerprint density at radius 2 is 2.05 bits per heavy atom. The lowest BCUT2D eigenvalue weighted by molar-refractivity contribution is 0.102. The van der Waals surface area contributed by atoms with E-state index in [4.69, 9.17) is 5.11 Å². The van der Waals surface area contributed by atoms with Crippen LogP contribution in [0.2, 0.25) is 0 Å². The largest absolute Gasteiger partial charge is 0.384 e. The van der Waals surface area contributed by atoms with Gasteiger partial charge in [-0.1, -0.05) is 37.8 Å². The van der Waals surface area contributed by atoms with Gasteiger partial charge >= 0.3 is 0 Å². The first-order valence-corrected chi connectivity index (χ1v) is 7.57. The third-order valence-electron chi connectivity index (χ3n) is 2.99. The fourth-order valence-electron chi connectivity index (χ4n) is 1.80. The molecule has 0 radical (unpaired) electrons. The molecule has 0 aliphatic heterocycles.